The Bertz CT molecular complexity index is 998. The Balaban J connectivity index is 1.30. The van der Waals surface area contributed by atoms with Gasteiger partial charge in [0.05, 0.1) is 5.69 Å². The van der Waals surface area contributed by atoms with E-state index in [4.69, 9.17) is 4.52 Å². The van der Waals surface area contributed by atoms with Gasteiger partial charge in [-0.15, -0.1) is 0 Å². The molecular formula is C26H28N2O3. The van der Waals surface area contributed by atoms with Gasteiger partial charge in [-0.3, -0.25) is 9.59 Å². The van der Waals surface area contributed by atoms with Crippen molar-refractivity contribution in [2.24, 2.45) is 5.92 Å². The summed E-state index contributed by atoms with van der Waals surface area (Å²) in [6, 6.07) is 22.0. The van der Waals surface area contributed by atoms with Crippen LogP contribution in [0.5, 0.6) is 0 Å². The fourth-order valence-corrected chi connectivity index (χ4v) is 4.14. The van der Waals surface area contributed by atoms with Gasteiger partial charge in [0, 0.05) is 31.5 Å². The number of amides is 1. The minimum absolute atomic E-state index is 0.0955. The molecule has 0 saturated carbocycles. The van der Waals surface area contributed by atoms with Crippen LogP contribution in [0.2, 0.25) is 0 Å². The molecule has 5 nitrogen and oxygen atoms in total. The molecule has 1 aliphatic heterocycles. The summed E-state index contributed by atoms with van der Waals surface area (Å²) in [5.41, 5.74) is 3.18. The zero-order valence-corrected chi connectivity index (χ0v) is 17.7. The summed E-state index contributed by atoms with van der Waals surface area (Å²) in [7, 11) is 0. The first-order valence-corrected chi connectivity index (χ1v) is 11.0. The molecule has 1 aliphatic rings. The molecular weight excluding hydrogens is 388 g/mol. The number of nitrogens with zero attached hydrogens (tertiary/aromatic N) is 2. The van der Waals surface area contributed by atoms with E-state index in [-0.39, 0.29) is 23.4 Å². The molecule has 1 amide bonds. The molecule has 0 spiro atoms. The van der Waals surface area contributed by atoms with Gasteiger partial charge in [0.1, 0.15) is 5.78 Å². The molecule has 0 aliphatic carbocycles. The van der Waals surface area contributed by atoms with E-state index >= 15 is 0 Å². The van der Waals surface area contributed by atoms with Crippen molar-refractivity contribution in [3.05, 3.63) is 89.3 Å². The number of carbonyl (C=O) groups is 2. The lowest BCUT2D eigenvalue weighted by molar-refractivity contribution is -0.124. The predicted octanol–water partition coefficient (Wildman–Crippen LogP) is 4.51. The quantitative estimate of drug-likeness (QED) is 0.542. The highest BCUT2D eigenvalue weighted by atomic mass is 16.5. The van der Waals surface area contributed by atoms with Crippen LogP contribution in [0.15, 0.2) is 71.3 Å². The zero-order valence-electron chi connectivity index (χ0n) is 17.7. The fourth-order valence-electron chi connectivity index (χ4n) is 4.14. The van der Waals surface area contributed by atoms with Gasteiger partial charge in [-0.05, 0) is 43.2 Å². The lowest BCUT2D eigenvalue weighted by Gasteiger charge is -2.31. The predicted molar refractivity (Wildman–Crippen MR) is 119 cm³/mol. The van der Waals surface area contributed by atoms with E-state index in [2.05, 4.69) is 17.3 Å². The summed E-state index contributed by atoms with van der Waals surface area (Å²) in [5, 5.41) is 4.07. The van der Waals surface area contributed by atoms with Crippen molar-refractivity contribution >= 4 is 11.7 Å². The largest absolute Gasteiger partial charge is 0.351 e. The second kappa shape index (κ2) is 10.2. The SMILES string of the molecule is O=C(CCc1ccccc1)[C@@H]1CCCN(C(=O)c2cc(CCc3ccccc3)no2)C1. The van der Waals surface area contributed by atoms with Gasteiger partial charge < -0.3 is 9.42 Å². The highest BCUT2D eigenvalue weighted by molar-refractivity contribution is 5.92. The summed E-state index contributed by atoms with van der Waals surface area (Å²) in [5.74, 6) is 0.240. The van der Waals surface area contributed by atoms with E-state index in [1.807, 2.05) is 48.5 Å². The summed E-state index contributed by atoms with van der Waals surface area (Å²) in [4.78, 5) is 27.4. The van der Waals surface area contributed by atoms with Crippen LogP contribution in [0.4, 0.5) is 0 Å². The van der Waals surface area contributed by atoms with E-state index in [0.29, 0.717) is 19.5 Å². The molecule has 1 atom stereocenters. The van der Waals surface area contributed by atoms with E-state index in [1.54, 1.807) is 11.0 Å². The van der Waals surface area contributed by atoms with Crippen molar-refractivity contribution in [1.29, 1.82) is 0 Å². The Kier molecular flexibility index (Phi) is 6.92. The molecule has 1 fully saturated rings. The van der Waals surface area contributed by atoms with Crippen molar-refractivity contribution in [3.8, 4) is 0 Å². The number of aryl methyl sites for hydroxylation is 3. The standard InChI is InChI=1S/C26H28N2O3/c29-24(16-14-21-10-5-2-6-11-21)22-12-7-17-28(19-22)26(30)25-18-23(27-31-25)15-13-20-8-3-1-4-9-20/h1-6,8-11,18,22H,7,12-17,19H2/t22-/m1/s1. The number of rotatable bonds is 8. The second-order valence-electron chi connectivity index (χ2n) is 8.21. The third-order valence-electron chi connectivity index (χ3n) is 5.95. The van der Waals surface area contributed by atoms with Crippen LogP contribution >= 0.6 is 0 Å². The molecule has 2 heterocycles. The van der Waals surface area contributed by atoms with Crippen molar-refractivity contribution in [3.63, 3.8) is 0 Å². The van der Waals surface area contributed by atoms with Gasteiger partial charge in [0.2, 0.25) is 5.76 Å². The van der Waals surface area contributed by atoms with Crippen molar-refractivity contribution < 1.29 is 14.1 Å². The Labute approximate surface area is 183 Å². The first-order valence-electron chi connectivity index (χ1n) is 11.0. The molecule has 4 rings (SSSR count). The third kappa shape index (κ3) is 5.69. The number of hydrogen-bond donors (Lipinski definition) is 0. The molecule has 1 aromatic heterocycles. The monoisotopic (exact) mass is 416 g/mol. The average molecular weight is 417 g/mol. The van der Waals surface area contributed by atoms with Crippen LogP contribution in [0.25, 0.3) is 0 Å². The van der Waals surface area contributed by atoms with Gasteiger partial charge in [0.25, 0.3) is 5.91 Å². The summed E-state index contributed by atoms with van der Waals surface area (Å²) in [6.07, 6.45) is 4.52. The van der Waals surface area contributed by atoms with Crippen LogP contribution in [0, 0.1) is 5.92 Å². The topological polar surface area (TPSA) is 63.4 Å². The Morgan fingerprint density at radius 1 is 0.935 bits per heavy atom. The van der Waals surface area contributed by atoms with Gasteiger partial charge in [-0.2, -0.15) is 0 Å². The Hall–Kier alpha value is -3.21. The zero-order chi connectivity index (χ0) is 21.5. The van der Waals surface area contributed by atoms with Crippen LogP contribution in [0.3, 0.4) is 0 Å². The highest BCUT2D eigenvalue weighted by Crippen LogP contribution is 2.22. The van der Waals surface area contributed by atoms with Crippen molar-refractivity contribution in [2.45, 2.75) is 38.5 Å². The average Bonchev–Trinajstić information content (AvgIpc) is 3.31. The summed E-state index contributed by atoms with van der Waals surface area (Å²) >= 11 is 0. The molecule has 31 heavy (non-hydrogen) atoms. The van der Waals surface area contributed by atoms with Crippen molar-refractivity contribution in [1.82, 2.24) is 10.1 Å². The maximum Gasteiger partial charge on any atom is 0.292 e. The molecule has 160 valence electrons. The van der Waals surface area contributed by atoms with Gasteiger partial charge >= 0.3 is 0 Å². The van der Waals surface area contributed by atoms with Gasteiger partial charge in [-0.1, -0.05) is 65.8 Å². The minimum Gasteiger partial charge on any atom is -0.351 e. The van der Waals surface area contributed by atoms with Crippen LogP contribution in [0.1, 0.15) is 46.6 Å². The molecule has 5 heteroatoms. The van der Waals surface area contributed by atoms with E-state index in [1.165, 1.54) is 11.1 Å². The van der Waals surface area contributed by atoms with E-state index in [9.17, 15) is 9.59 Å². The molecule has 0 bridgehead atoms. The van der Waals surface area contributed by atoms with Crippen molar-refractivity contribution in [2.75, 3.05) is 13.1 Å². The number of carbonyl (C=O) groups excluding carboxylic acids is 2. The van der Waals surface area contributed by atoms with Gasteiger partial charge in [0.15, 0.2) is 0 Å². The third-order valence-corrected chi connectivity index (χ3v) is 5.95. The van der Waals surface area contributed by atoms with E-state index in [0.717, 1.165) is 37.8 Å². The molecule has 0 N–H and O–H groups in total. The molecule has 3 aromatic rings. The number of hydrogen-bond acceptors (Lipinski definition) is 4. The first kappa shape index (κ1) is 21.0. The van der Waals surface area contributed by atoms with Gasteiger partial charge in [-0.25, -0.2) is 0 Å². The lowest BCUT2D eigenvalue weighted by atomic mass is 9.90. The first-order chi connectivity index (χ1) is 15.2. The number of benzene rings is 2. The fraction of sp³-hybridized carbons (Fsp3) is 0.346. The number of aromatic nitrogens is 1. The van der Waals surface area contributed by atoms with Crippen LogP contribution < -0.4 is 0 Å². The van der Waals surface area contributed by atoms with E-state index < -0.39 is 0 Å². The number of ketones is 1. The second-order valence-corrected chi connectivity index (χ2v) is 8.21. The van der Waals surface area contributed by atoms with Crippen LogP contribution in [-0.4, -0.2) is 34.8 Å². The maximum absolute atomic E-state index is 12.9. The molecule has 0 unspecified atom stereocenters. The highest BCUT2D eigenvalue weighted by Gasteiger charge is 2.30. The molecule has 2 aromatic carbocycles. The summed E-state index contributed by atoms with van der Waals surface area (Å²) < 4.78 is 5.34. The lowest BCUT2D eigenvalue weighted by Crippen LogP contribution is -2.42. The normalized spacial score (nSPS) is 16.3. The van der Waals surface area contributed by atoms with Crippen LogP contribution in [-0.2, 0) is 24.1 Å². The molecule has 0 radical (unpaired) electrons. The maximum atomic E-state index is 12.9. The Morgan fingerprint density at radius 2 is 1.61 bits per heavy atom. The Morgan fingerprint density at radius 3 is 2.32 bits per heavy atom. The minimum atomic E-state index is -0.168. The number of likely N-dealkylation sites (tertiary alicyclic amines) is 1. The smallest absolute Gasteiger partial charge is 0.292 e. The summed E-state index contributed by atoms with van der Waals surface area (Å²) in [6.45, 7) is 1.12. The molecule has 1 saturated heterocycles. The number of piperidine rings is 1. The number of Topliss-reactive ketones (excluding diaryl/α,β-unsaturated/α-hetero) is 1.